The fraction of sp³-hybridized carbons (Fsp3) is 0.533. The van der Waals surface area contributed by atoms with Gasteiger partial charge >= 0.3 is 0 Å². The number of anilines is 1. The number of rotatable bonds is 3. The number of amides is 1. The largest absolute Gasteiger partial charge is 0.325 e. The van der Waals surface area contributed by atoms with Gasteiger partial charge in [-0.2, -0.15) is 0 Å². The Morgan fingerprint density at radius 3 is 2.68 bits per heavy atom. The average Bonchev–Trinajstić information content (AvgIpc) is 2.42. The zero-order valence-electron chi connectivity index (χ0n) is 11.7. The molecule has 0 unspecified atom stereocenters. The quantitative estimate of drug-likeness (QED) is 0.895. The third-order valence-electron chi connectivity index (χ3n) is 3.70. The molecule has 1 aliphatic heterocycles. The van der Waals surface area contributed by atoms with E-state index in [4.69, 9.17) is 0 Å². The number of nitrogens with one attached hydrogen (secondary N) is 2. The van der Waals surface area contributed by atoms with Gasteiger partial charge in [0.25, 0.3) is 0 Å². The van der Waals surface area contributed by atoms with Crippen molar-refractivity contribution >= 4 is 24.0 Å². The summed E-state index contributed by atoms with van der Waals surface area (Å²) in [6.07, 6.45) is 2.84. The molecule has 0 bridgehead atoms. The number of piperidine rings is 1. The molecule has 1 aliphatic rings. The first-order chi connectivity index (χ1) is 8.72. The van der Waals surface area contributed by atoms with Crippen LogP contribution in [0.5, 0.6) is 0 Å². The molecule has 1 heterocycles. The molecule has 2 rings (SSSR count). The number of carbonyl (C=O) groups excluding carboxylic acids is 1. The van der Waals surface area contributed by atoms with Crippen molar-refractivity contribution in [2.75, 3.05) is 18.4 Å². The smallest absolute Gasteiger partial charge is 0.227 e. The number of carbonyl (C=O) groups is 1. The summed E-state index contributed by atoms with van der Waals surface area (Å²) in [5, 5.41) is 6.42. The van der Waals surface area contributed by atoms with Crippen molar-refractivity contribution in [1.82, 2.24) is 5.32 Å². The molecule has 3 nitrogen and oxygen atoms in total. The lowest BCUT2D eigenvalue weighted by atomic mass is 9.96. The Kier molecular flexibility index (Phi) is 6.32. The second kappa shape index (κ2) is 7.51. The summed E-state index contributed by atoms with van der Waals surface area (Å²) in [5.74, 6) is 0.344. The van der Waals surface area contributed by atoms with Crippen LogP contribution in [-0.4, -0.2) is 19.0 Å². The molecular weight excluding hydrogens is 260 g/mol. The molecule has 1 saturated heterocycles. The van der Waals surface area contributed by atoms with Crippen LogP contribution >= 0.6 is 12.4 Å². The van der Waals surface area contributed by atoms with Gasteiger partial charge in [-0.25, -0.2) is 0 Å². The molecule has 0 aliphatic carbocycles. The molecule has 4 heteroatoms. The third kappa shape index (κ3) is 3.95. The van der Waals surface area contributed by atoms with Crippen molar-refractivity contribution < 1.29 is 4.79 Å². The highest BCUT2D eigenvalue weighted by Gasteiger charge is 2.21. The van der Waals surface area contributed by atoms with E-state index in [0.717, 1.165) is 43.6 Å². The van der Waals surface area contributed by atoms with Crippen LogP contribution in [0.25, 0.3) is 0 Å². The van der Waals surface area contributed by atoms with Crippen LogP contribution in [0.2, 0.25) is 0 Å². The van der Waals surface area contributed by atoms with Gasteiger partial charge in [-0.15, -0.1) is 12.4 Å². The monoisotopic (exact) mass is 282 g/mol. The van der Waals surface area contributed by atoms with E-state index in [-0.39, 0.29) is 24.2 Å². The van der Waals surface area contributed by atoms with Crippen LogP contribution in [0.3, 0.4) is 0 Å². The molecule has 19 heavy (non-hydrogen) atoms. The van der Waals surface area contributed by atoms with Gasteiger partial charge in [-0.1, -0.05) is 25.1 Å². The van der Waals surface area contributed by atoms with E-state index >= 15 is 0 Å². The standard InChI is InChI=1S/C15H22N2O.ClH/c1-3-12-6-4-5-11(2)14(12)17-15(18)13-7-9-16-10-8-13;/h4-6,13,16H,3,7-10H2,1-2H3,(H,17,18);1H. The predicted octanol–water partition coefficient (Wildman–Crippen LogP) is 2.92. The number of hydrogen-bond donors (Lipinski definition) is 2. The molecular formula is C15H23ClN2O. The summed E-state index contributed by atoms with van der Waals surface area (Å²) in [5.41, 5.74) is 3.39. The van der Waals surface area contributed by atoms with Crippen LogP contribution in [0.15, 0.2) is 18.2 Å². The van der Waals surface area contributed by atoms with Gasteiger partial charge in [0.2, 0.25) is 5.91 Å². The fourth-order valence-corrected chi connectivity index (χ4v) is 2.51. The molecule has 106 valence electrons. The Bertz CT molecular complexity index is 428. The highest BCUT2D eigenvalue weighted by Crippen LogP contribution is 2.23. The molecule has 0 atom stereocenters. The van der Waals surface area contributed by atoms with Crippen LogP contribution in [0.1, 0.15) is 30.9 Å². The van der Waals surface area contributed by atoms with Crippen molar-refractivity contribution in [1.29, 1.82) is 0 Å². The van der Waals surface area contributed by atoms with E-state index < -0.39 is 0 Å². The second-order valence-electron chi connectivity index (χ2n) is 4.98. The van der Waals surface area contributed by atoms with E-state index in [1.807, 2.05) is 6.07 Å². The van der Waals surface area contributed by atoms with Gasteiger partial charge in [0, 0.05) is 11.6 Å². The summed E-state index contributed by atoms with van der Waals surface area (Å²) < 4.78 is 0. The van der Waals surface area contributed by atoms with Crippen molar-refractivity contribution in [3.8, 4) is 0 Å². The lowest BCUT2D eigenvalue weighted by Crippen LogP contribution is -2.34. The van der Waals surface area contributed by atoms with E-state index in [9.17, 15) is 4.79 Å². The number of halogens is 1. The minimum absolute atomic E-state index is 0. The summed E-state index contributed by atoms with van der Waals surface area (Å²) in [6.45, 7) is 6.07. The first kappa shape index (κ1) is 16.0. The zero-order valence-corrected chi connectivity index (χ0v) is 12.5. The molecule has 1 amide bonds. The van der Waals surface area contributed by atoms with Gasteiger partial charge in [0.05, 0.1) is 0 Å². The maximum absolute atomic E-state index is 12.2. The number of aryl methyl sites for hydroxylation is 2. The second-order valence-corrected chi connectivity index (χ2v) is 4.98. The third-order valence-corrected chi connectivity index (χ3v) is 3.70. The van der Waals surface area contributed by atoms with Crippen LogP contribution in [0.4, 0.5) is 5.69 Å². The Labute approximate surface area is 121 Å². The van der Waals surface area contributed by atoms with E-state index in [1.54, 1.807) is 0 Å². The minimum Gasteiger partial charge on any atom is -0.325 e. The average molecular weight is 283 g/mol. The first-order valence-electron chi connectivity index (χ1n) is 6.82. The van der Waals surface area contributed by atoms with Gasteiger partial charge in [0.1, 0.15) is 0 Å². The van der Waals surface area contributed by atoms with Crippen LogP contribution in [-0.2, 0) is 11.2 Å². The lowest BCUT2D eigenvalue weighted by Gasteiger charge is -2.23. The van der Waals surface area contributed by atoms with Gasteiger partial charge in [-0.3, -0.25) is 4.79 Å². The minimum atomic E-state index is 0. The van der Waals surface area contributed by atoms with Crippen molar-refractivity contribution in [2.45, 2.75) is 33.1 Å². The lowest BCUT2D eigenvalue weighted by molar-refractivity contribution is -0.120. The van der Waals surface area contributed by atoms with Crippen LogP contribution < -0.4 is 10.6 Å². The maximum Gasteiger partial charge on any atom is 0.227 e. The summed E-state index contributed by atoms with van der Waals surface area (Å²) in [7, 11) is 0. The Hall–Kier alpha value is -1.06. The molecule has 0 radical (unpaired) electrons. The molecule has 1 aromatic rings. The van der Waals surface area contributed by atoms with E-state index in [1.165, 1.54) is 5.56 Å². The molecule has 0 spiro atoms. The number of para-hydroxylation sites is 1. The summed E-state index contributed by atoms with van der Waals surface area (Å²) >= 11 is 0. The maximum atomic E-state index is 12.2. The fourth-order valence-electron chi connectivity index (χ4n) is 2.51. The van der Waals surface area contributed by atoms with Gasteiger partial charge in [-0.05, 0) is 50.4 Å². The van der Waals surface area contributed by atoms with Crippen molar-refractivity contribution in [3.63, 3.8) is 0 Å². The SMILES string of the molecule is CCc1cccc(C)c1NC(=O)C1CCNCC1.Cl. The molecule has 1 fully saturated rings. The Morgan fingerprint density at radius 2 is 2.05 bits per heavy atom. The Morgan fingerprint density at radius 1 is 1.37 bits per heavy atom. The summed E-state index contributed by atoms with van der Waals surface area (Å²) in [4.78, 5) is 12.2. The molecule has 1 aromatic carbocycles. The van der Waals surface area contributed by atoms with E-state index in [0.29, 0.717) is 0 Å². The normalized spacial score (nSPS) is 15.7. The number of benzene rings is 1. The van der Waals surface area contributed by atoms with Crippen molar-refractivity contribution in [3.05, 3.63) is 29.3 Å². The van der Waals surface area contributed by atoms with Gasteiger partial charge in [0.15, 0.2) is 0 Å². The highest BCUT2D eigenvalue weighted by atomic mass is 35.5. The first-order valence-corrected chi connectivity index (χ1v) is 6.82. The molecule has 0 aromatic heterocycles. The van der Waals surface area contributed by atoms with Crippen LogP contribution in [0, 0.1) is 12.8 Å². The van der Waals surface area contributed by atoms with Crippen molar-refractivity contribution in [2.24, 2.45) is 5.92 Å². The zero-order chi connectivity index (χ0) is 13.0. The topological polar surface area (TPSA) is 41.1 Å². The predicted molar refractivity (Wildman–Crippen MR) is 82.0 cm³/mol. The number of hydrogen-bond acceptors (Lipinski definition) is 2. The van der Waals surface area contributed by atoms with E-state index in [2.05, 4.69) is 36.6 Å². The molecule has 2 N–H and O–H groups in total. The molecule has 0 saturated carbocycles. The highest BCUT2D eigenvalue weighted by molar-refractivity contribution is 5.94. The summed E-state index contributed by atoms with van der Waals surface area (Å²) in [6, 6.07) is 6.19. The van der Waals surface area contributed by atoms with Gasteiger partial charge < -0.3 is 10.6 Å². The Balaban J connectivity index is 0.00000180.